The fraction of sp³-hybridized carbons (Fsp3) is 0.647. The van der Waals surface area contributed by atoms with Crippen molar-refractivity contribution in [3.63, 3.8) is 0 Å². The summed E-state index contributed by atoms with van der Waals surface area (Å²) in [6.07, 6.45) is 1.15. The third-order valence-corrected chi connectivity index (χ3v) is 3.48. The predicted octanol–water partition coefficient (Wildman–Crippen LogP) is 5.42. The number of hydrogen-bond donors (Lipinski definition) is 0. The van der Waals surface area contributed by atoms with Gasteiger partial charge >= 0.3 is 0 Å². The molecule has 0 saturated carbocycles. The molecule has 1 rings (SSSR count). The molecule has 0 aliphatic heterocycles. The molecule has 17 heavy (non-hydrogen) atoms. The lowest BCUT2D eigenvalue weighted by Gasteiger charge is -2.28. The molecular formula is C17H28. The first-order valence-corrected chi connectivity index (χ1v) is 6.68. The van der Waals surface area contributed by atoms with E-state index in [0.717, 1.165) is 6.42 Å². The topological polar surface area (TPSA) is 0 Å². The molecule has 1 aromatic carbocycles. The zero-order chi connectivity index (χ0) is 13.3. The molecule has 1 atom stereocenters. The lowest BCUT2D eigenvalue weighted by Crippen LogP contribution is -2.16. The second-order valence-electron chi connectivity index (χ2n) is 7.57. The molecule has 1 aromatic rings. The van der Waals surface area contributed by atoms with Crippen LogP contribution >= 0.6 is 0 Å². The zero-order valence-corrected chi connectivity index (χ0v) is 12.6. The summed E-state index contributed by atoms with van der Waals surface area (Å²) in [6, 6.07) is 9.12. The second-order valence-corrected chi connectivity index (χ2v) is 7.57. The Bertz CT molecular complexity index is 360. The normalized spacial score (nSPS) is 14.8. The first-order valence-electron chi connectivity index (χ1n) is 6.68. The molecule has 0 radical (unpaired) electrons. The molecule has 0 heterocycles. The summed E-state index contributed by atoms with van der Waals surface area (Å²) in [5.74, 6) is 0.599. The van der Waals surface area contributed by atoms with Gasteiger partial charge in [-0.3, -0.25) is 0 Å². The van der Waals surface area contributed by atoms with Crippen molar-refractivity contribution < 1.29 is 0 Å². The minimum atomic E-state index is 0.334. The summed E-state index contributed by atoms with van der Waals surface area (Å²) < 4.78 is 0. The van der Waals surface area contributed by atoms with E-state index in [1.54, 1.807) is 0 Å². The van der Waals surface area contributed by atoms with E-state index in [4.69, 9.17) is 0 Å². The van der Waals surface area contributed by atoms with E-state index >= 15 is 0 Å². The van der Waals surface area contributed by atoms with Gasteiger partial charge in [-0.05, 0) is 34.3 Å². The van der Waals surface area contributed by atoms with Crippen LogP contribution in [-0.4, -0.2) is 0 Å². The van der Waals surface area contributed by atoms with Gasteiger partial charge in [-0.15, -0.1) is 0 Å². The summed E-state index contributed by atoms with van der Waals surface area (Å²) in [6.45, 7) is 16.2. The van der Waals surface area contributed by atoms with Gasteiger partial charge in [0.05, 0.1) is 0 Å². The van der Waals surface area contributed by atoms with Crippen LogP contribution in [-0.2, 0) is 6.42 Å². The minimum Gasteiger partial charge on any atom is -0.0617 e. The fourth-order valence-corrected chi connectivity index (χ4v) is 2.08. The van der Waals surface area contributed by atoms with Gasteiger partial charge in [-0.25, -0.2) is 0 Å². The van der Waals surface area contributed by atoms with Crippen LogP contribution in [0, 0.1) is 10.8 Å². The molecule has 0 aliphatic carbocycles. The highest BCUT2D eigenvalue weighted by atomic mass is 14.3. The molecule has 0 fully saturated rings. The van der Waals surface area contributed by atoms with E-state index in [1.807, 2.05) is 0 Å². The van der Waals surface area contributed by atoms with Gasteiger partial charge in [0.25, 0.3) is 0 Å². The average molecular weight is 232 g/mol. The van der Waals surface area contributed by atoms with Crippen LogP contribution in [0.5, 0.6) is 0 Å². The molecule has 0 bridgehead atoms. The lowest BCUT2D eigenvalue weighted by molar-refractivity contribution is 0.339. The van der Waals surface area contributed by atoms with Crippen molar-refractivity contribution in [3.05, 3.63) is 35.4 Å². The van der Waals surface area contributed by atoms with Crippen molar-refractivity contribution in [2.24, 2.45) is 10.8 Å². The first-order chi connectivity index (χ1) is 7.59. The number of hydrogen-bond acceptors (Lipinski definition) is 0. The fourth-order valence-electron chi connectivity index (χ4n) is 2.08. The van der Waals surface area contributed by atoms with Crippen LogP contribution in [0.25, 0.3) is 0 Å². The third kappa shape index (κ3) is 4.53. The largest absolute Gasteiger partial charge is 0.0617 e. The molecule has 0 amide bonds. The Balaban J connectivity index is 2.94. The standard InChI is InChI=1S/C17H28/c1-13(17(5,6)7)15-10-8-9-14(11-15)12-16(2,3)4/h8-11,13H,12H2,1-7H3. The average Bonchev–Trinajstić information content (AvgIpc) is 2.12. The zero-order valence-electron chi connectivity index (χ0n) is 12.6. The van der Waals surface area contributed by atoms with E-state index in [2.05, 4.69) is 72.7 Å². The van der Waals surface area contributed by atoms with Gasteiger partial charge in [-0.2, -0.15) is 0 Å². The Morgan fingerprint density at radius 1 is 1.00 bits per heavy atom. The Labute approximate surface area is 107 Å². The van der Waals surface area contributed by atoms with Crippen molar-refractivity contribution in [1.82, 2.24) is 0 Å². The second kappa shape index (κ2) is 4.84. The van der Waals surface area contributed by atoms with Crippen LogP contribution in [0.1, 0.15) is 65.5 Å². The predicted molar refractivity (Wildman–Crippen MR) is 77.5 cm³/mol. The molecule has 96 valence electrons. The van der Waals surface area contributed by atoms with Gasteiger partial charge < -0.3 is 0 Å². The number of benzene rings is 1. The Kier molecular flexibility index (Phi) is 4.06. The summed E-state index contributed by atoms with van der Waals surface area (Å²) >= 11 is 0. The maximum absolute atomic E-state index is 2.39. The van der Waals surface area contributed by atoms with Gasteiger partial charge in [0.2, 0.25) is 0 Å². The van der Waals surface area contributed by atoms with E-state index in [-0.39, 0.29) is 0 Å². The van der Waals surface area contributed by atoms with Crippen LogP contribution in [0.4, 0.5) is 0 Å². The van der Waals surface area contributed by atoms with Crippen molar-refractivity contribution in [2.45, 2.75) is 60.8 Å². The van der Waals surface area contributed by atoms with E-state index < -0.39 is 0 Å². The molecule has 0 spiro atoms. The summed E-state index contributed by atoms with van der Waals surface area (Å²) in [5, 5.41) is 0. The molecule has 1 unspecified atom stereocenters. The summed E-state index contributed by atoms with van der Waals surface area (Å²) in [7, 11) is 0. The van der Waals surface area contributed by atoms with Gasteiger partial charge in [-0.1, -0.05) is 72.7 Å². The Morgan fingerprint density at radius 2 is 1.59 bits per heavy atom. The quantitative estimate of drug-likeness (QED) is 0.638. The Hall–Kier alpha value is -0.780. The first kappa shape index (κ1) is 14.3. The summed E-state index contributed by atoms with van der Waals surface area (Å²) in [5.41, 5.74) is 3.63. The third-order valence-electron chi connectivity index (χ3n) is 3.48. The van der Waals surface area contributed by atoms with Gasteiger partial charge in [0, 0.05) is 0 Å². The molecule has 0 saturated heterocycles. The van der Waals surface area contributed by atoms with Gasteiger partial charge in [0.1, 0.15) is 0 Å². The monoisotopic (exact) mass is 232 g/mol. The van der Waals surface area contributed by atoms with E-state index in [0.29, 0.717) is 16.7 Å². The van der Waals surface area contributed by atoms with Crippen molar-refractivity contribution in [3.8, 4) is 0 Å². The van der Waals surface area contributed by atoms with Crippen LogP contribution in [0.2, 0.25) is 0 Å². The van der Waals surface area contributed by atoms with Crippen LogP contribution in [0.3, 0.4) is 0 Å². The van der Waals surface area contributed by atoms with Crippen molar-refractivity contribution in [2.75, 3.05) is 0 Å². The van der Waals surface area contributed by atoms with Crippen molar-refractivity contribution >= 4 is 0 Å². The highest BCUT2D eigenvalue weighted by molar-refractivity contribution is 5.27. The van der Waals surface area contributed by atoms with Crippen molar-refractivity contribution in [1.29, 1.82) is 0 Å². The Morgan fingerprint density at radius 3 is 2.06 bits per heavy atom. The molecule has 0 aromatic heterocycles. The maximum atomic E-state index is 2.39. The van der Waals surface area contributed by atoms with E-state index in [9.17, 15) is 0 Å². The highest BCUT2D eigenvalue weighted by Gasteiger charge is 2.22. The smallest absolute Gasteiger partial charge is 0.0142 e. The molecule has 0 aliphatic rings. The van der Waals surface area contributed by atoms with E-state index in [1.165, 1.54) is 11.1 Å². The minimum absolute atomic E-state index is 0.334. The van der Waals surface area contributed by atoms with Gasteiger partial charge in [0.15, 0.2) is 0 Å². The molecule has 0 heteroatoms. The highest BCUT2D eigenvalue weighted by Crippen LogP contribution is 2.35. The lowest BCUT2D eigenvalue weighted by atomic mass is 9.77. The maximum Gasteiger partial charge on any atom is -0.0142 e. The molecule has 0 nitrogen and oxygen atoms in total. The van der Waals surface area contributed by atoms with Crippen LogP contribution in [0.15, 0.2) is 24.3 Å². The molecular weight excluding hydrogens is 204 g/mol. The number of rotatable bonds is 2. The SMILES string of the molecule is CC(c1cccc(CC(C)(C)C)c1)C(C)(C)C. The summed E-state index contributed by atoms with van der Waals surface area (Å²) in [4.78, 5) is 0. The molecule has 0 N–H and O–H groups in total. The van der Waals surface area contributed by atoms with Crippen LogP contribution < -0.4 is 0 Å².